The van der Waals surface area contributed by atoms with Crippen molar-refractivity contribution in [1.82, 2.24) is 24.9 Å². The van der Waals surface area contributed by atoms with Gasteiger partial charge in [0.15, 0.2) is 0 Å². The number of aromatic amines is 1. The van der Waals surface area contributed by atoms with Gasteiger partial charge in [0.05, 0.1) is 17.6 Å². The highest BCUT2D eigenvalue weighted by Crippen LogP contribution is 2.33. The van der Waals surface area contributed by atoms with Crippen LogP contribution in [0.5, 0.6) is 0 Å². The molecule has 33 heavy (non-hydrogen) atoms. The smallest absolute Gasteiger partial charge is 0.253 e. The Labute approximate surface area is 192 Å². The minimum Gasteiger partial charge on any atom is -0.338 e. The summed E-state index contributed by atoms with van der Waals surface area (Å²) in [7, 11) is 0. The molecule has 168 valence electrons. The molecule has 1 amide bonds. The third kappa shape index (κ3) is 4.18. The highest BCUT2D eigenvalue weighted by atomic mass is 19.1. The number of nitrogens with zero attached hydrogens (tertiary/aromatic N) is 4. The van der Waals surface area contributed by atoms with Gasteiger partial charge < -0.3 is 4.90 Å². The Bertz CT molecular complexity index is 1290. The van der Waals surface area contributed by atoms with Crippen LogP contribution in [0.3, 0.4) is 0 Å². The van der Waals surface area contributed by atoms with Crippen LogP contribution >= 0.6 is 0 Å². The van der Waals surface area contributed by atoms with E-state index in [1.54, 1.807) is 12.3 Å². The second-order valence-corrected chi connectivity index (χ2v) is 8.68. The molecular weight excluding hydrogens is 417 g/mol. The van der Waals surface area contributed by atoms with Crippen LogP contribution in [0.4, 0.5) is 4.39 Å². The summed E-state index contributed by atoms with van der Waals surface area (Å²) < 4.78 is 15.6. The average Bonchev–Trinajstić information content (AvgIpc) is 3.45. The van der Waals surface area contributed by atoms with Gasteiger partial charge in [-0.3, -0.25) is 9.89 Å². The first-order valence-electron chi connectivity index (χ1n) is 11.2. The average molecular weight is 444 g/mol. The maximum Gasteiger partial charge on any atom is 0.253 e. The predicted molar refractivity (Wildman–Crippen MR) is 125 cm³/mol. The first kappa shape index (κ1) is 21.1. The van der Waals surface area contributed by atoms with Crippen molar-refractivity contribution >= 4 is 5.91 Å². The molecule has 0 saturated carbocycles. The van der Waals surface area contributed by atoms with E-state index in [4.69, 9.17) is 0 Å². The highest BCUT2D eigenvalue weighted by molar-refractivity contribution is 5.94. The van der Waals surface area contributed by atoms with Gasteiger partial charge in [0, 0.05) is 41.5 Å². The zero-order valence-electron chi connectivity index (χ0n) is 18.8. The van der Waals surface area contributed by atoms with E-state index >= 15 is 0 Å². The monoisotopic (exact) mass is 443 g/mol. The van der Waals surface area contributed by atoms with Crippen LogP contribution in [0.25, 0.3) is 16.8 Å². The van der Waals surface area contributed by atoms with Crippen molar-refractivity contribution in [2.45, 2.75) is 32.6 Å². The van der Waals surface area contributed by atoms with Crippen LogP contribution in [-0.2, 0) is 0 Å². The zero-order valence-corrected chi connectivity index (χ0v) is 18.8. The number of H-pyrrole nitrogens is 1. The molecule has 0 bridgehead atoms. The maximum atomic E-state index is 13.8. The second kappa shape index (κ2) is 8.65. The molecule has 1 fully saturated rings. The number of halogens is 1. The SMILES string of the molecule is Cc1cc(C)n(-c2ccc(C(=O)N3CCC[C@H](c4[nH]ncc4-c4cccc(F)c4)C3)cc2)n1. The molecule has 2 aromatic carbocycles. The number of aryl methyl sites for hydroxylation is 2. The standard InChI is InChI=1S/C26H26FN5O/c1-17-13-18(2)32(30-17)23-10-8-19(9-11-23)26(33)31-12-4-6-21(16-31)25-24(15-28-29-25)20-5-3-7-22(27)14-20/h3,5,7-11,13-15,21H,4,6,12,16H2,1-2H3,(H,28,29)/t21-/m0/s1. The Kier molecular flexibility index (Phi) is 5.54. The maximum absolute atomic E-state index is 13.8. The lowest BCUT2D eigenvalue weighted by atomic mass is 9.90. The van der Waals surface area contributed by atoms with E-state index in [1.165, 1.54) is 12.1 Å². The molecule has 6 nitrogen and oxygen atoms in total. The van der Waals surface area contributed by atoms with E-state index in [1.807, 2.05) is 59.8 Å². The Morgan fingerprint density at radius 3 is 2.67 bits per heavy atom. The first-order valence-corrected chi connectivity index (χ1v) is 11.2. The van der Waals surface area contributed by atoms with Gasteiger partial charge in [-0.1, -0.05) is 12.1 Å². The van der Waals surface area contributed by atoms with Crippen molar-refractivity contribution in [3.05, 3.63) is 89.3 Å². The number of likely N-dealkylation sites (tertiary alicyclic amines) is 1. The number of carbonyl (C=O) groups is 1. The molecule has 7 heteroatoms. The van der Waals surface area contributed by atoms with Gasteiger partial charge in [0.1, 0.15) is 5.82 Å². The summed E-state index contributed by atoms with van der Waals surface area (Å²) in [5, 5.41) is 11.8. The number of hydrogen-bond acceptors (Lipinski definition) is 3. The first-order chi connectivity index (χ1) is 16.0. The van der Waals surface area contributed by atoms with Crippen molar-refractivity contribution in [2.24, 2.45) is 0 Å². The number of aromatic nitrogens is 4. The minimum atomic E-state index is -0.274. The number of hydrogen-bond donors (Lipinski definition) is 1. The molecular formula is C26H26FN5O. The summed E-state index contributed by atoms with van der Waals surface area (Å²) in [6.45, 7) is 5.30. The molecule has 2 aromatic heterocycles. The van der Waals surface area contributed by atoms with Crippen LogP contribution in [0, 0.1) is 19.7 Å². The van der Waals surface area contributed by atoms with Gasteiger partial charge in [-0.25, -0.2) is 9.07 Å². The molecule has 5 rings (SSSR count). The van der Waals surface area contributed by atoms with Crippen molar-refractivity contribution in [2.75, 3.05) is 13.1 Å². The lowest BCUT2D eigenvalue weighted by molar-refractivity contribution is 0.0706. The van der Waals surface area contributed by atoms with Crippen LogP contribution in [0.2, 0.25) is 0 Å². The van der Waals surface area contributed by atoms with Crippen molar-refractivity contribution in [3.63, 3.8) is 0 Å². The van der Waals surface area contributed by atoms with Gasteiger partial charge in [0.2, 0.25) is 0 Å². The predicted octanol–water partition coefficient (Wildman–Crippen LogP) is 5.04. The van der Waals surface area contributed by atoms with E-state index in [0.29, 0.717) is 12.1 Å². The van der Waals surface area contributed by atoms with E-state index in [0.717, 1.165) is 53.3 Å². The fourth-order valence-corrected chi connectivity index (χ4v) is 4.71. The second-order valence-electron chi connectivity index (χ2n) is 8.68. The Morgan fingerprint density at radius 1 is 1.12 bits per heavy atom. The molecule has 0 unspecified atom stereocenters. The third-order valence-corrected chi connectivity index (χ3v) is 6.29. The summed E-state index contributed by atoms with van der Waals surface area (Å²) in [4.78, 5) is 15.2. The number of benzene rings is 2. The third-order valence-electron chi connectivity index (χ3n) is 6.29. The largest absolute Gasteiger partial charge is 0.338 e. The number of rotatable bonds is 4. The summed E-state index contributed by atoms with van der Waals surface area (Å²) >= 11 is 0. The van der Waals surface area contributed by atoms with E-state index in [2.05, 4.69) is 15.3 Å². The molecule has 0 aliphatic carbocycles. The van der Waals surface area contributed by atoms with Gasteiger partial charge in [-0.05, 0) is 74.7 Å². The zero-order chi connectivity index (χ0) is 22.9. The molecule has 3 heterocycles. The molecule has 4 aromatic rings. The molecule has 1 aliphatic heterocycles. The van der Waals surface area contributed by atoms with Gasteiger partial charge in [0.25, 0.3) is 5.91 Å². The number of nitrogens with one attached hydrogen (secondary N) is 1. The summed E-state index contributed by atoms with van der Waals surface area (Å²) in [5.74, 6) is -0.132. The lowest BCUT2D eigenvalue weighted by Gasteiger charge is -2.33. The van der Waals surface area contributed by atoms with Gasteiger partial charge >= 0.3 is 0 Å². The van der Waals surface area contributed by atoms with Gasteiger partial charge in [-0.2, -0.15) is 10.2 Å². The summed E-state index contributed by atoms with van der Waals surface area (Å²) in [6.07, 6.45) is 3.59. The lowest BCUT2D eigenvalue weighted by Crippen LogP contribution is -2.39. The minimum absolute atomic E-state index is 0.0199. The number of amides is 1. The van der Waals surface area contributed by atoms with Gasteiger partial charge in [-0.15, -0.1) is 0 Å². The number of piperidine rings is 1. The fourth-order valence-electron chi connectivity index (χ4n) is 4.71. The van der Waals surface area contributed by atoms with E-state index in [9.17, 15) is 9.18 Å². The number of carbonyl (C=O) groups excluding carboxylic acids is 1. The van der Waals surface area contributed by atoms with Crippen LogP contribution < -0.4 is 0 Å². The fraction of sp³-hybridized carbons (Fsp3) is 0.269. The highest BCUT2D eigenvalue weighted by Gasteiger charge is 2.28. The summed E-state index contributed by atoms with van der Waals surface area (Å²) in [6, 6.07) is 16.2. The Hall–Kier alpha value is -3.74. The molecule has 0 radical (unpaired) electrons. The molecule has 1 N–H and O–H groups in total. The molecule has 1 atom stereocenters. The van der Waals surface area contributed by atoms with Crippen molar-refractivity contribution in [1.29, 1.82) is 0 Å². The van der Waals surface area contributed by atoms with Crippen LogP contribution in [0.15, 0.2) is 60.8 Å². The van der Waals surface area contributed by atoms with E-state index < -0.39 is 0 Å². The van der Waals surface area contributed by atoms with E-state index in [-0.39, 0.29) is 17.6 Å². The molecule has 1 saturated heterocycles. The molecule has 1 aliphatic rings. The van der Waals surface area contributed by atoms with Crippen LogP contribution in [-0.4, -0.2) is 43.9 Å². The Morgan fingerprint density at radius 2 is 1.94 bits per heavy atom. The van der Waals surface area contributed by atoms with Crippen molar-refractivity contribution in [3.8, 4) is 16.8 Å². The Balaban J connectivity index is 1.34. The topological polar surface area (TPSA) is 66.8 Å². The quantitative estimate of drug-likeness (QED) is 0.481. The summed E-state index contributed by atoms with van der Waals surface area (Å²) in [5.41, 5.74) is 6.26. The van der Waals surface area contributed by atoms with Crippen molar-refractivity contribution < 1.29 is 9.18 Å². The molecule has 0 spiro atoms. The van der Waals surface area contributed by atoms with Crippen LogP contribution in [0.1, 0.15) is 46.2 Å². The normalized spacial score (nSPS) is 16.2.